The molecule has 0 bridgehead atoms. The SMILES string of the molecule is CNC(C)C(C)c1cc(C)nc2ncnn12. The summed E-state index contributed by atoms with van der Waals surface area (Å²) in [6.45, 7) is 6.31. The van der Waals surface area contributed by atoms with Crippen LogP contribution >= 0.6 is 0 Å². The minimum absolute atomic E-state index is 0.357. The number of nitrogens with one attached hydrogen (secondary N) is 1. The number of fused-ring (bicyclic) bond motifs is 1. The summed E-state index contributed by atoms with van der Waals surface area (Å²) in [6, 6.07) is 2.45. The predicted molar refractivity (Wildman–Crippen MR) is 62.5 cm³/mol. The average Bonchev–Trinajstić information content (AvgIpc) is 2.73. The van der Waals surface area contributed by atoms with Gasteiger partial charge in [-0.3, -0.25) is 0 Å². The van der Waals surface area contributed by atoms with E-state index in [0.29, 0.717) is 17.7 Å². The molecule has 2 aromatic heterocycles. The van der Waals surface area contributed by atoms with Crippen molar-refractivity contribution in [2.75, 3.05) is 7.05 Å². The molecule has 5 heteroatoms. The van der Waals surface area contributed by atoms with Gasteiger partial charge in [0.25, 0.3) is 5.78 Å². The van der Waals surface area contributed by atoms with Crippen LogP contribution in [-0.2, 0) is 0 Å². The molecule has 0 fully saturated rings. The van der Waals surface area contributed by atoms with Crippen LogP contribution in [-0.4, -0.2) is 32.7 Å². The molecular weight excluding hydrogens is 202 g/mol. The van der Waals surface area contributed by atoms with Crippen LogP contribution in [0.15, 0.2) is 12.4 Å². The Labute approximate surface area is 94.9 Å². The molecule has 5 nitrogen and oxygen atoms in total. The lowest BCUT2D eigenvalue weighted by atomic mass is 9.99. The lowest BCUT2D eigenvalue weighted by molar-refractivity contribution is 0.505. The third kappa shape index (κ3) is 1.78. The van der Waals surface area contributed by atoms with Crippen LogP contribution in [0.3, 0.4) is 0 Å². The van der Waals surface area contributed by atoms with Gasteiger partial charge in [0.15, 0.2) is 0 Å². The Kier molecular flexibility index (Phi) is 2.87. The Bertz CT molecular complexity index is 490. The van der Waals surface area contributed by atoms with E-state index in [9.17, 15) is 0 Å². The van der Waals surface area contributed by atoms with Gasteiger partial charge in [0.1, 0.15) is 6.33 Å². The number of hydrogen-bond acceptors (Lipinski definition) is 4. The summed E-state index contributed by atoms with van der Waals surface area (Å²) < 4.78 is 1.81. The first-order chi connectivity index (χ1) is 7.63. The summed E-state index contributed by atoms with van der Waals surface area (Å²) in [6.07, 6.45) is 1.54. The topological polar surface area (TPSA) is 55.1 Å². The van der Waals surface area contributed by atoms with E-state index in [1.165, 1.54) is 0 Å². The second kappa shape index (κ2) is 4.17. The molecule has 0 saturated heterocycles. The fraction of sp³-hybridized carbons (Fsp3) is 0.545. The predicted octanol–water partition coefficient (Wildman–Crippen LogP) is 1.14. The van der Waals surface area contributed by atoms with Gasteiger partial charge in [0, 0.05) is 17.7 Å². The first kappa shape index (κ1) is 11.0. The number of rotatable bonds is 3. The van der Waals surface area contributed by atoms with Crippen LogP contribution in [0.1, 0.15) is 31.2 Å². The molecule has 2 aromatic rings. The summed E-state index contributed by atoms with van der Waals surface area (Å²) >= 11 is 0. The van der Waals surface area contributed by atoms with E-state index in [0.717, 1.165) is 11.4 Å². The lowest BCUT2D eigenvalue weighted by Crippen LogP contribution is -2.28. The normalized spacial score (nSPS) is 15.2. The Morgan fingerprint density at radius 3 is 2.81 bits per heavy atom. The molecule has 0 aliphatic rings. The van der Waals surface area contributed by atoms with Gasteiger partial charge in [0.05, 0.1) is 5.69 Å². The van der Waals surface area contributed by atoms with Crippen molar-refractivity contribution in [3.05, 3.63) is 23.8 Å². The molecule has 16 heavy (non-hydrogen) atoms. The Hall–Kier alpha value is -1.49. The quantitative estimate of drug-likeness (QED) is 0.841. The van der Waals surface area contributed by atoms with Gasteiger partial charge in [0.2, 0.25) is 0 Å². The molecule has 0 amide bonds. The molecule has 1 N–H and O–H groups in total. The number of likely N-dealkylation sites (N-methyl/N-ethyl adjacent to an activating group) is 1. The van der Waals surface area contributed by atoms with E-state index in [2.05, 4.69) is 40.3 Å². The Morgan fingerprint density at radius 1 is 1.38 bits per heavy atom. The molecule has 2 rings (SSSR count). The maximum Gasteiger partial charge on any atom is 0.252 e. The molecule has 2 heterocycles. The molecule has 2 atom stereocenters. The summed E-state index contributed by atoms with van der Waals surface area (Å²) in [5.41, 5.74) is 2.12. The van der Waals surface area contributed by atoms with E-state index in [4.69, 9.17) is 0 Å². The van der Waals surface area contributed by atoms with Crippen molar-refractivity contribution >= 4 is 5.78 Å². The summed E-state index contributed by atoms with van der Waals surface area (Å²) in [4.78, 5) is 8.46. The highest BCUT2D eigenvalue weighted by atomic mass is 15.3. The second-order valence-electron chi connectivity index (χ2n) is 4.16. The highest BCUT2D eigenvalue weighted by Gasteiger charge is 2.17. The molecule has 0 aliphatic carbocycles. The minimum atomic E-state index is 0.357. The monoisotopic (exact) mass is 219 g/mol. The zero-order chi connectivity index (χ0) is 11.7. The van der Waals surface area contributed by atoms with Crippen molar-refractivity contribution in [3.8, 4) is 0 Å². The van der Waals surface area contributed by atoms with Crippen LogP contribution < -0.4 is 5.32 Å². The lowest BCUT2D eigenvalue weighted by Gasteiger charge is -2.20. The van der Waals surface area contributed by atoms with Crippen molar-refractivity contribution in [2.24, 2.45) is 0 Å². The van der Waals surface area contributed by atoms with Gasteiger partial charge in [-0.05, 0) is 27.0 Å². The van der Waals surface area contributed by atoms with Gasteiger partial charge in [-0.25, -0.2) is 9.50 Å². The molecule has 86 valence electrons. The van der Waals surface area contributed by atoms with Crippen molar-refractivity contribution in [3.63, 3.8) is 0 Å². The molecular formula is C11H17N5. The standard InChI is InChI=1S/C11H17N5/c1-7-5-10(8(2)9(3)12-4)16-11(15-7)13-6-14-16/h5-6,8-9,12H,1-4H3. The van der Waals surface area contributed by atoms with Crippen molar-refractivity contribution in [2.45, 2.75) is 32.7 Å². The molecule has 0 aliphatic heterocycles. The largest absolute Gasteiger partial charge is 0.317 e. The molecule has 0 aromatic carbocycles. The number of aryl methyl sites for hydroxylation is 1. The van der Waals surface area contributed by atoms with Crippen LogP contribution in [0.25, 0.3) is 5.78 Å². The van der Waals surface area contributed by atoms with Crippen LogP contribution in [0.2, 0.25) is 0 Å². The molecule has 0 radical (unpaired) electrons. The van der Waals surface area contributed by atoms with Gasteiger partial charge >= 0.3 is 0 Å². The Balaban J connectivity index is 2.53. The smallest absolute Gasteiger partial charge is 0.252 e. The van der Waals surface area contributed by atoms with E-state index < -0.39 is 0 Å². The number of aromatic nitrogens is 4. The van der Waals surface area contributed by atoms with E-state index in [-0.39, 0.29) is 0 Å². The van der Waals surface area contributed by atoms with Crippen molar-refractivity contribution in [1.29, 1.82) is 0 Å². The summed E-state index contributed by atoms with van der Waals surface area (Å²) in [5, 5.41) is 7.47. The van der Waals surface area contributed by atoms with Gasteiger partial charge < -0.3 is 5.32 Å². The van der Waals surface area contributed by atoms with Crippen molar-refractivity contribution < 1.29 is 0 Å². The summed E-state index contributed by atoms with van der Waals surface area (Å²) in [7, 11) is 1.97. The highest BCUT2D eigenvalue weighted by molar-refractivity contribution is 5.31. The molecule has 2 unspecified atom stereocenters. The third-order valence-electron chi connectivity index (χ3n) is 3.08. The molecule has 0 saturated carbocycles. The highest BCUT2D eigenvalue weighted by Crippen LogP contribution is 2.19. The average molecular weight is 219 g/mol. The zero-order valence-corrected chi connectivity index (χ0v) is 10.1. The van der Waals surface area contributed by atoms with Gasteiger partial charge in [-0.15, -0.1) is 0 Å². The Morgan fingerprint density at radius 2 is 2.12 bits per heavy atom. The fourth-order valence-electron chi connectivity index (χ4n) is 1.79. The first-order valence-corrected chi connectivity index (χ1v) is 5.48. The third-order valence-corrected chi connectivity index (χ3v) is 3.08. The van der Waals surface area contributed by atoms with Gasteiger partial charge in [-0.1, -0.05) is 6.92 Å². The maximum atomic E-state index is 4.33. The first-order valence-electron chi connectivity index (χ1n) is 5.48. The van der Waals surface area contributed by atoms with E-state index >= 15 is 0 Å². The zero-order valence-electron chi connectivity index (χ0n) is 10.1. The minimum Gasteiger partial charge on any atom is -0.317 e. The van der Waals surface area contributed by atoms with Crippen LogP contribution in [0.5, 0.6) is 0 Å². The fourth-order valence-corrected chi connectivity index (χ4v) is 1.79. The van der Waals surface area contributed by atoms with Gasteiger partial charge in [-0.2, -0.15) is 10.1 Å². The van der Waals surface area contributed by atoms with Crippen LogP contribution in [0.4, 0.5) is 0 Å². The second-order valence-corrected chi connectivity index (χ2v) is 4.16. The maximum absolute atomic E-state index is 4.33. The number of hydrogen-bond donors (Lipinski definition) is 1. The molecule has 0 spiro atoms. The number of nitrogens with zero attached hydrogens (tertiary/aromatic N) is 4. The van der Waals surface area contributed by atoms with E-state index in [1.807, 2.05) is 18.5 Å². The van der Waals surface area contributed by atoms with E-state index in [1.54, 1.807) is 6.33 Å². The summed E-state index contributed by atoms with van der Waals surface area (Å²) in [5.74, 6) is 1.03. The van der Waals surface area contributed by atoms with Crippen molar-refractivity contribution in [1.82, 2.24) is 24.9 Å². The van der Waals surface area contributed by atoms with Crippen LogP contribution in [0, 0.1) is 6.92 Å².